The molecule has 8 nitrogen and oxygen atoms in total. The van der Waals surface area contributed by atoms with E-state index in [2.05, 4.69) is 5.32 Å². The van der Waals surface area contributed by atoms with Crippen molar-refractivity contribution in [3.63, 3.8) is 0 Å². The van der Waals surface area contributed by atoms with E-state index >= 15 is 0 Å². The molecule has 9 heteroatoms. The first-order valence-corrected chi connectivity index (χ1v) is 12.6. The Morgan fingerprint density at radius 1 is 0.839 bits per heavy atom. The van der Waals surface area contributed by atoms with Crippen LogP contribution >= 0.6 is 0 Å². The molecule has 176 valence electrons. The van der Waals surface area contributed by atoms with Gasteiger partial charge in [0.2, 0.25) is 5.91 Å². The minimum absolute atomic E-state index is 0.0442. The van der Waals surface area contributed by atoms with Crippen LogP contribution in [0.25, 0.3) is 0 Å². The fourth-order valence-electron chi connectivity index (χ4n) is 3.12. The number of unbranched alkanes of at least 4 members (excludes halogenated alkanes) is 8. The molecule has 0 aliphatic heterocycles. The summed E-state index contributed by atoms with van der Waals surface area (Å²) >= 11 is 0. The van der Waals surface area contributed by atoms with Gasteiger partial charge in [-0.25, -0.2) is 0 Å². The van der Waals surface area contributed by atoms with Crippen molar-refractivity contribution in [3.8, 4) is 5.75 Å². The van der Waals surface area contributed by atoms with Gasteiger partial charge < -0.3 is 15.2 Å². The summed E-state index contributed by atoms with van der Waals surface area (Å²) in [6.07, 6.45) is 9.23. The van der Waals surface area contributed by atoms with Crippen molar-refractivity contribution in [2.24, 2.45) is 0 Å². The van der Waals surface area contributed by atoms with Crippen molar-refractivity contribution in [2.75, 3.05) is 17.7 Å². The molecule has 1 aromatic carbocycles. The van der Waals surface area contributed by atoms with Gasteiger partial charge in [-0.3, -0.25) is 14.1 Å². The maximum atomic E-state index is 12.2. The van der Waals surface area contributed by atoms with Gasteiger partial charge in [-0.15, -0.1) is 0 Å². The highest BCUT2D eigenvalue weighted by atomic mass is 32.2. The second-order valence-electron chi connectivity index (χ2n) is 7.61. The lowest BCUT2D eigenvalue weighted by Gasteiger charge is -2.12. The van der Waals surface area contributed by atoms with Crippen molar-refractivity contribution < 1.29 is 32.4 Å². The first kappa shape index (κ1) is 26.9. The minimum atomic E-state index is -3.83. The van der Waals surface area contributed by atoms with Crippen LogP contribution < -0.4 is 10.1 Å². The standard InChI is InChI=1S/C22H35NO7S/c24-21(15-8-6-4-2-1-3-5-7-11-18-31(27,28)29)23-19-13-9-10-14-20(19)30-17-12-16-22(25)26/h9-10,13-14H,1-8,11-12,15-18H2,(H,23,24)(H,25,26)(H,27,28,29). The average Bonchev–Trinajstić information content (AvgIpc) is 2.69. The van der Waals surface area contributed by atoms with E-state index in [0.29, 0.717) is 30.7 Å². The number of benzene rings is 1. The van der Waals surface area contributed by atoms with E-state index in [-0.39, 0.29) is 24.7 Å². The minimum Gasteiger partial charge on any atom is -0.491 e. The highest BCUT2D eigenvalue weighted by Gasteiger charge is 2.08. The maximum absolute atomic E-state index is 12.2. The Morgan fingerprint density at radius 2 is 1.42 bits per heavy atom. The predicted molar refractivity (Wildman–Crippen MR) is 120 cm³/mol. The van der Waals surface area contributed by atoms with Crippen molar-refractivity contribution in [1.82, 2.24) is 0 Å². The number of anilines is 1. The first-order valence-electron chi connectivity index (χ1n) is 11.0. The Balaban J connectivity index is 2.10. The SMILES string of the molecule is O=C(O)CCCOc1ccccc1NC(=O)CCCCCCCCCCCS(=O)(=O)O. The summed E-state index contributed by atoms with van der Waals surface area (Å²) in [5.74, 6) is -0.546. The summed E-state index contributed by atoms with van der Waals surface area (Å²) in [5.41, 5.74) is 0.594. The third-order valence-electron chi connectivity index (χ3n) is 4.76. The number of carboxylic acid groups (broad SMARTS) is 1. The zero-order chi connectivity index (χ0) is 23.0. The summed E-state index contributed by atoms with van der Waals surface area (Å²) in [5, 5.41) is 11.5. The summed E-state index contributed by atoms with van der Waals surface area (Å²) in [6, 6.07) is 7.12. The highest BCUT2D eigenvalue weighted by Crippen LogP contribution is 2.24. The second kappa shape index (κ2) is 15.6. The van der Waals surface area contributed by atoms with Crippen LogP contribution in [-0.4, -0.2) is 42.3 Å². The molecular weight excluding hydrogens is 422 g/mol. The molecule has 0 saturated carbocycles. The van der Waals surface area contributed by atoms with Crippen LogP contribution in [0.2, 0.25) is 0 Å². The Morgan fingerprint density at radius 3 is 2.03 bits per heavy atom. The zero-order valence-corrected chi connectivity index (χ0v) is 18.9. The Bertz CT molecular complexity index is 765. The number of rotatable bonds is 18. The molecule has 0 heterocycles. The Labute approximate surface area is 185 Å². The topological polar surface area (TPSA) is 130 Å². The average molecular weight is 458 g/mol. The van der Waals surface area contributed by atoms with Crippen molar-refractivity contribution in [2.45, 2.75) is 77.0 Å². The van der Waals surface area contributed by atoms with Gasteiger partial charge in [-0.1, -0.05) is 57.1 Å². The lowest BCUT2D eigenvalue weighted by atomic mass is 10.1. The van der Waals surface area contributed by atoms with Crippen molar-refractivity contribution >= 4 is 27.7 Å². The van der Waals surface area contributed by atoms with E-state index in [4.69, 9.17) is 14.4 Å². The zero-order valence-electron chi connectivity index (χ0n) is 18.1. The van der Waals surface area contributed by atoms with Gasteiger partial charge >= 0.3 is 5.97 Å². The maximum Gasteiger partial charge on any atom is 0.303 e. The monoisotopic (exact) mass is 457 g/mol. The van der Waals surface area contributed by atoms with E-state index in [1.54, 1.807) is 18.2 Å². The molecule has 0 saturated heterocycles. The number of hydrogen-bond donors (Lipinski definition) is 3. The van der Waals surface area contributed by atoms with Crippen molar-refractivity contribution in [3.05, 3.63) is 24.3 Å². The van der Waals surface area contributed by atoms with Gasteiger partial charge in [-0.2, -0.15) is 8.42 Å². The van der Waals surface area contributed by atoms with E-state index < -0.39 is 16.1 Å². The number of carbonyl (C=O) groups excluding carboxylic acids is 1. The van der Waals surface area contributed by atoms with Gasteiger partial charge in [0.05, 0.1) is 18.0 Å². The van der Waals surface area contributed by atoms with Gasteiger partial charge in [0, 0.05) is 12.8 Å². The number of para-hydroxylation sites is 2. The van der Waals surface area contributed by atoms with Gasteiger partial charge in [0.25, 0.3) is 10.1 Å². The third-order valence-corrected chi connectivity index (χ3v) is 5.56. The number of hydrogen-bond acceptors (Lipinski definition) is 5. The fraction of sp³-hybridized carbons (Fsp3) is 0.636. The number of nitrogens with one attached hydrogen (secondary N) is 1. The quantitative estimate of drug-likeness (QED) is 0.216. The normalized spacial score (nSPS) is 11.3. The molecular formula is C22H35NO7S. The van der Waals surface area contributed by atoms with Gasteiger partial charge in [-0.05, 0) is 31.4 Å². The summed E-state index contributed by atoms with van der Waals surface area (Å²) in [6.45, 7) is 0.277. The Hall–Kier alpha value is -2.13. The van der Waals surface area contributed by atoms with Crippen LogP contribution in [0.1, 0.15) is 77.0 Å². The molecule has 31 heavy (non-hydrogen) atoms. The molecule has 1 aromatic rings. The molecule has 3 N–H and O–H groups in total. The van der Waals surface area contributed by atoms with Gasteiger partial charge in [0.15, 0.2) is 0 Å². The number of amides is 1. The molecule has 0 spiro atoms. The smallest absolute Gasteiger partial charge is 0.303 e. The summed E-state index contributed by atoms with van der Waals surface area (Å²) in [4.78, 5) is 22.7. The summed E-state index contributed by atoms with van der Waals surface area (Å²) < 4.78 is 35.5. The number of carboxylic acids is 1. The van der Waals surface area contributed by atoms with E-state index in [9.17, 15) is 18.0 Å². The highest BCUT2D eigenvalue weighted by molar-refractivity contribution is 7.85. The molecule has 0 aliphatic carbocycles. The molecule has 1 rings (SSSR count). The molecule has 0 fully saturated rings. The van der Waals surface area contributed by atoms with Gasteiger partial charge in [0.1, 0.15) is 5.75 Å². The number of aliphatic carboxylic acids is 1. The lowest BCUT2D eigenvalue weighted by molar-refractivity contribution is -0.137. The van der Waals surface area contributed by atoms with Crippen LogP contribution in [0.3, 0.4) is 0 Å². The van der Waals surface area contributed by atoms with Crippen molar-refractivity contribution in [1.29, 1.82) is 0 Å². The molecule has 0 unspecified atom stereocenters. The molecule has 0 aliphatic rings. The number of carbonyl (C=O) groups is 2. The molecule has 0 bridgehead atoms. The summed E-state index contributed by atoms with van der Waals surface area (Å²) in [7, 11) is -3.83. The second-order valence-corrected chi connectivity index (χ2v) is 9.18. The van der Waals surface area contributed by atoms with Crippen LogP contribution in [-0.2, 0) is 19.7 Å². The Kier molecular flexibility index (Phi) is 13.6. The van der Waals surface area contributed by atoms with Crippen LogP contribution in [0.4, 0.5) is 5.69 Å². The fourth-order valence-corrected chi connectivity index (χ4v) is 3.69. The lowest BCUT2D eigenvalue weighted by Crippen LogP contribution is -2.12. The van der Waals surface area contributed by atoms with Crippen LogP contribution in [0, 0.1) is 0 Å². The van der Waals surface area contributed by atoms with E-state index in [0.717, 1.165) is 51.4 Å². The van der Waals surface area contributed by atoms with E-state index in [1.165, 1.54) is 0 Å². The van der Waals surface area contributed by atoms with Crippen LogP contribution in [0.5, 0.6) is 5.75 Å². The molecule has 0 aromatic heterocycles. The van der Waals surface area contributed by atoms with Crippen LogP contribution in [0.15, 0.2) is 24.3 Å². The van der Waals surface area contributed by atoms with E-state index in [1.807, 2.05) is 6.07 Å². The molecule has 0 radical (unpaired) electrons. The third kappa shape index (κ3) is 15.3. The first-order chi connectivity index (χ1) is 14.8. The predicted octanol–water partition coefficient (Wildman–Crippen LogP) is 4.66. The number of ether oxygens (including phenoxy) is 1. The molecule has 0 atom stereocenters. The molecule has 1 amide bonds. The largest absolute Gasteiger partial charge is 0.491 e.